The average molecular weight is 318 g/mol. The minimum absolute atomic E-state index is 0.362. The standard InChI is InChI=1S/C19H30N2O2/c1-15-6-9-21(17-4-3-5-18(22)14-17)19(16(15)2)7-8-20-10-12-23-13-11-20/h3-5,14-16,19,22H,6-13H2,1-2H3. The topological polar surface area (TPSA) is 35.9 Å². The van der Waals surface area contributed by atoms with Gasteiger partial charge in [0, 0.05) is 44.0 Å². The van der Waals surface area contributed by atoms with Crippen molar-refractivity contribution in [3.8, 4) is 5.75 Å². The Hall–Kier alpha value is -1.26. The van der Waals surface area contributed by atoms with Crippen LogP contribution in [0.2, 0.25) is 0 Å². The summed E-state index contributed by atoms with van der Waals surface area (Å²) >= 11 is 0. The summed E-state index contributed by atoms with van der Waals surface area (Å²) in [4.78, 5) is 5.04. The quantitative estimate of drug-likeness (QED) is 0.926. The van der Waals surface area contributed by atoms with Crippen molar-refractivity contribution in [2.75, 3.05) is 44.3 Å². The lowest BCUT2D eigenvalue weighted by Gasteiger charge is -2.45. The second kappa shape index (κ2) is 7.54. The smallest absolute Gasteiger partial charge is 0.117 e. The Labute approximate surface area is 140 Å². The van der Waals surface area contributed by atoms with Gasteiger partial charge in [-0.3, -0.25) is 4.90 Å². The summed E-state index contributed by atoms with van der Waals surface area (Å²) in [5.41, 5.74) is 1.16. The van der Waals surface area contributed by atoms with Crippen LogP contribution in [0.3, 0.4) is 0 Å². The average Bonchev–Trinajstić information content (AvgIpc) is 2.57. The maximum Gasteiger partial charge on any atom is 0.117 e. The monoisotopic (exact) mass is 318 g/mol. The van der Waals surface area contributed by atoms with E-state index < -0.39 is 0 Å². The lowest BCUT2D eigenvalue weighted by Crippen LogP contribution is -2.49. The molecule has 1 aromatic rings. The van der Waals surface area contributed by atoms with E-state index >= 15 is 0 Å². The Balaban J connectivity index is 1.70. The molecule has 2 heterocycles. The predicted octanol–water partition coefficient (Wildman–Crippen LogP) is 2.97. The van der Waals surface area contributed by atoms with E-state index in [2.05, 4.69) is 29.7 Å². The van der Waals surface area contributed by atoms with Gasteiger partial charge in [0.1, 0.15) is 5.75 Å². The van der Waals surface area contributed by atoms with Crippen molar-refractivity contribution in [2.24, 2.45) is 11.8 Å². The highest BCUT2D eigenvalue weighted by molar-refractivity contribution is 5.51. The van der Waals surface area contributed by atoms with Crippen LogP contribution in [0.25, 0.3) is 0 Å². The van der Waals surface area contributed by atoms with E-state index in [9.17, 15) is 5.11 Å². The number of phenols is 1. The van der Waals surface area contributed by atoms with Gasteiger partial charge in [0.25, 0.3) is 0 Å². The molecule has 4 heteroatoms. The van der Waals surface area contributed by atoms with Gasteiger partial charge < -0.3 is 14.7 Å². The summed E-state index contributed by atoms with van der Waals surface area (Å²) in [6.45, 7) is 10.9. The van der Waals surface area contributed by atoms with Crippen LogP contribution in [0.5, 0.6) is 5.75 Å². The van der Waals surface area contributed by atoms with Crippen molar-refractivity contribution >= 4 is 5.69 Å². The largest absolute Gasteiger partial charge is 0.508 e. The number of anilines is 1. The first kappa shape index (κ1) is 16.6. The molecule has 0 aromatic heterocycles. The molecule has 128 valence electrons. The number of morpholine rings is 1. The molecule has 1 N–H and O–H groups in total. The molecule has 2 saturated heterocycles. The Bertz CT molecular complexity index is 502. The summed E-state index contributed by atoms with van der Waals surface area (Å²) in [6.07, 6.45) is 2.41. The molecule has 3 atom stereocenters. The fourth-order valence-electron chi connectivity index (χ4n) is 3.99. The van der Waals surface area contributed by atoms with E-state index in [1.165, 1.54) is 12.8 Å². The molecular weight excluding hydrogens is 288 g/mol. The zero-order valence-corrected chi connectivity index (χ0v) is 14.4. The van der Waals surface area contributed by atoms with E-state index in [0.717, 1.165) is 51.0 Å². The van der Waals surface area contributed by atoms with Crippen molar-refractivity contribution in [2.45, 2.75) is 32.7 Å². The summed E-state index contributed by atoms with van der Waals surface area (Å²) in [5, 5.41) is 9.83. The summed E-state index contributed by atoms with van der Waals surface area (Å²) in [6, 6.07) is 8.28. The minimum atomic E-state index is 0.362. The molecule has 2 aliphatic rings. The second-order valence-electron chi connectivity index (χ2n) is 7.15. The zero-order valence-electron chi connectivity index (χ0n) is 14.4. The van der Waals surface area contributed by atoms with Crippen LogP contribution in [0.4, 0.5) is 5.69 Å². The molecule has 0 saturated carbocycles. The van der Waals surface area contributed by atoms with Crippen LogP contribution in [0.1, 0.15) is 26.7 Å². The number of hydrogen-bond acceptors (Lipinski definition) is 4. The van der Waals surface area contributed by atoms with Crippen LogP contribution < -0.4 is 4.90 Å². The highest BCUT2D eigenvalue weighted by atomic mass is 16.5. The minimum Gasteiger partial charge on any atom is -0.508 e. The molecule has 23 heavy (non-hydrogen) atoms. The lowest BCUT2D eigenvalue weighted by atomic mass is 9.80. The van der Waals surface area contributed by atoms with Gasteiger partial charge >= 0.3 is 0 Å². The number of rotatable bonds is 4. The second-order valence-corrected chi connectivity index (χ2v) is 7.15. The third-order valence-electron chi connectivity index (χ3n) is 5.74. The summed E-state index contributed by atoms with van der Waals surface area (Å²) in [5.74, 6) is 1.80. The van der Waals surface area contributed by atoms with Gasteiger partial charge in [0.2, 0.25) is 0 Å². The first-order valence-corrected chi connectivity index (χ1v) is 9.01. The Morgan fingerprint density at radius 3 is 2.70 bits per heavy atom. The number of phenolic OH excluding ortho intramolecular Hbond substituents is 1. The van der Waals surface area contributed by atoms with E-state index in [0.29, 0.717) is 17.7 Å². The van der Waals surface area contributed by atoms with Crippen LogP contribution in [0.15, 0.2) is 24.3 Å². The molecule has 0 radical (unpaired) electrons. The molecule has 2 aliphatic heterocycles. The molecule has 0 aliphatic carbocycles. The van der Waals surface area contributed by atoms with Gasteiger partial charge in [-0.1, -0.05) is 19.9 Å². The van der Waals surface area contributed by atoms with E-state index in [1.54, 1.807) is 6.07 Å². The molecule has 1 aromatic carbocycles. The van der Waals surface area contributed by atoms with Gasteiger partial charge in [0.05, 0.1) is 13.2 Å². The number of benzene rings is 1. The van der Waals surface area contributed by atoms with Crippen molar-refractivity contribution in [1.29, 1.82) is 0 Å². The van der Waals surface area contributed by atoms with Gasteiger partial charge in [0.15, 0.2) is 0 Å². The third-order valence-corrected chi connectivity index (χ3v) is 5.74. The van der Waals surface area contributed by atoms with Crippen molar-refractivity contribution < 1.29 is 9.84 Å². The van der Waals surface area contributed by atoms with E-state index in [1.807, 2.05) is 12.1 Å². The summed E-state index contributed by atoms with van der Waals surface area (Å²) in [7, 11) is 0. The number of hydrogen-bond donors (Lipinski definition) is 1. The predicted molar refractivity (Wildman–Crippen MR) is 94.1 cm³/mol. The highest BCUT2D eigenvalue weighted by Gasteiger charge is 2.33. The first-order valence-electron chi connectivity index (χ1n) is 9.01. The van der Waals surface area contributed by atoms with E-state index in [4.69, 9.17) is 4.74 Å². The molecule has 0 amide bonds. The Kier molecular flexibility index (Phi) is 5.44. The van der Waals surface area contributed by atoms with E-state index in [-0.39, 0.29) is 0 Å². The number of nitrogens with zero attached hydrogens (tertiary/aromatic N) is 2. The summed E-state index contributed by atoms with van der Waals surface area (Å²) < 4.78 is 5.45. The van der Waals surface area contributed by atoms with Crippen LogP contribution >= 0.6 is 0 Å². The van der Waals surface area contributed by atoms with Gasteiger partial charge in [-0.25, -0.2) is 0 Å². The molecular formula is C19H30N2O2. The van der Waals surface area contributed by atoms with Crippen molar-refractivity contribution in [1.82, 2.24) is 4.90 Å². The number of ether oxygens (including phenoxy) is 1. The maximum atomic E-state index is 9.83. The molecule has 4 nitrogen and oxygen atoms in total. The number of piperidine rings is 1. The van der Waals surface area contributed by atoms with Crippen LogP contribution in [0, 0.1) is 11.8 Å². The fraction of sp³-hybridized carbons (Fsp3) is 0.684. The van der Waals surface area contributed by atoms with Crippen molar-refractivity contribution in [3.05, 3.63) is 24.3 Å². The van der Waals surface area contributed by atoms with Crippen LogP contribution in [-0.2, 0) is 4.74 Å². The lowest BCUT2D eigenvalue weighted by molar-refractivity contribution is 0.0349. The molecule has 3 rings (SSSR count). The Morgan fingerprint density at radius 2 is 1.96 bits per heavy atom. The zero-order chi connectivity index (χ0) is 16.2. The fourth-order valence-corrected chi connectivity index (χ4v) is 3.99. The van der Waals surface area contributed by atoms with Crippen molar-refractivity contribution in [3.63, 3.8) is 0 Å². The number of aromatic hydroxyl groups is 1. The molecule has 2 fully saturated rings. The maximum absolute atomic E-state index is 9.83. The Morgan fingerprint density at radius 1 is 1.17 bits per heavy atom. The molecule has 3 unspecified atom stereocenters. The van der Waals surface area contributed by atoms with Gasteiger partial charge in [-0.05, 0) is 36.8 Å². The highest BCUT2D eigenvalue weighted by Crippen LogP contribution is 2.35. The molecule has 0 spiro atoms. The normalized spacial score (nSPS) is 29.7. The van der Waals surface area contributed by atoms with Gasteiger partial charge in [-0.15, -0.1) is 0 Å². The first-order chi connectivity index (χ1) is 11.1. The van der Waals surface area contributed by atoms with Gasteiger partial charge in [-0.2, -0.15) is 0 Å². The third kappa shape index (κ3) is 3.99. The van der Waals surface area contributed by atoms with Crippen LogP contribution in [-0.4, -0.2) is 55.4 Å². The molecule has 0 bridgehead atoms. The SMILES string of the molecule is CC1CCN(c2cccc(O)c2)C(CCN2CCOCC2)C1C.